The van der Waals surface area contributed by atoms with E-state index in [2.05, 4.69) is 0 Å². The van der Waals surface area contributed by atoms with Crippen molar-refractivity contribution in [3.05, 3.63) is 23.7 Å². The first-order valence-electron chi connectivity index (χ1n) is 9.14. The van der Waals surface area contributed by atoms with Crippen molar-refractivity contribution in [2.24, 2.45) is 0 Å². The molecule has 2 aliphatic rings. The van der Waals surface area contributed by atoms with Crippen molar-refractivity contribution in [2.45, 2.75) is 57.8 Å². The molecule has 0 radical (unpaired) electrons. The third kappa shape index (κ3) is 8.84. The Labute approximate surface area is 149 Å². The summed E-state index contributed by atoms with van der Waals surface area (Å²) in [6.45, 7) is 2.85. The van der Waals surface area contributed by atoms with Crippen LogP contribution in [0.25, 0.3) is 0 Å². The van der Waals surface area contributed by atoms with E-state index in [0.717, 1.165) is 58.2 Å². The van der Waals surface area contributed by atoms with Crippen molar-refractivity contribution in [1.29, 1.82) is 0 Å². The monoisotopic (exact) mass is 352 g/mol. The van der Waals surface area contributed by atoms with E-state index in [-0.39, 0.29) is 11.9 Å². The van der Waals surface area contributed by atoms with Gasteiger partial charge in [0.15, 0.2) is 0 Å². The zero-order valence-electron chi connectivity index (χ0n) is 14.8. The number of ether oxygens (including phenoxy) is 4. The lowest BCUT2D eigenvalue weighted by molar-refractivity contribution is -0.139. The molecule has 6 heteroatoms. The first-order chi connectivity index (χ1) is 12.2. The molecule has 0 amide bonds. The number of carbonyl (C=O) groups excluding carboxylic acids is 2. The van der Waals surface area contributed by atoms with E-state index in [0.29, 0.717) is 26.1 Å². The second-order valence-electron chi connectivity index (χ2n) is 6.32. The molecule has 0 atom stereocenters. The molecule has 0 saturated heterocycles. The van der Waals surface area contributed by atoms with Crippen molar-refractivity contribution in [1.82, 2.24) is 0 Å². The zero-order valence-corrected chi connectivity index (χ0v) is 14.8. The van der Waals surface area contributed by atoms with Crippen LogP contribution in [0.5, 0.6) is 0 Å². The number of cyclic esters (lactones) is 2. The van der Waals surface area contributed by atoms with Gasteiger partial charge < -0.3 is 18.9 Å². The maximum absolute atomic E-state index is 10.9. The second-order valence-corrected chi connectivity index (χ2v) is 6.32. The fourth-order valence-corrected chi connectivity index (χ4v) is 2.70. The quantitative estimate of drug-likeness (QED) is 0.396. The Bertz CT molecular complexity index is 450. The van der Waals surface area contributed by atoms with Crippen LogP contribution in [0.15, 0.2) is 23.7 Å². The Kier molecular flexibility index (Phi) is 9.29. The van der Waals surface area contributed by atoms with Gasteiger partial charge in [-0.05, 0) is 56.1 Å². The van der Waals surface area contributed by atoms with E-state index in [1.165, 1.54) is 11.1 Å². The van der Waals surface area contributed by atoms with E-state index < -0.39 is 0 Å². The largest absolute Gasteiger partial charge is 0.435 e. The summed E-state index contributed by atoms with van der Waals surface area (Å²) in [5.41, 5.74) is 2.38. The van der Waals surface area contributed by atoms with E-state index >= 15 is 0 Å². The van der Waals surface area contributed by atoms with E-state index in [4.69, 9.17) is 18.9 Å². The maximum atomic E-state index is 10.9. The minimum absolute atomic E-state index is 0.140. The van der Waals surface area contributed by atoms with Crippen LogP contribution in [0, 0.1) is 0 Å². The topological polar surface area (TPSA) is 71.1 Å². The minimum atomic E-state index is -0.140. The molecule has 0 fully saturated rings. The molecule has 2 aliphatic heterocycles. The molecule has 0 aromatic rings. The molecule has 140 valence electrons. The molecule has 25 heavy (non-hydrogen) atoms. The first kappa shape index (κ1) is 19.7. The molecule has 0 aliphatic carbocycles. The smallest absolute Gasteiger partial charge is 0.310 e. The fraction of sp³-hybridized carbons (Fsp3) is 0.684. The molecular weight excluding hydrogens is 324 g/mol. The molecule has 0 bridgehead atoms. The number of carbonyl (C=O) groups is 2. The summed E-state index contributed by atoms with van der Waals surface area (Å²) in [6, 6.07) is 0. The van der Waals surface area contributed by atoms with Gasteiger partial charge in [-0.2, -0.15) is 0 Å². The van der Waals surface area contributed by atoms with Gasteiger partial charge in [0.25, 0.3) is 0 Å². The third-order valence-corrected chi connectivity index (χ3v) is 4.17. The van der Waals surface area contributed by atoms with E-state index in [1.54, 1.807) is 12.5 Å². The van der Waals surface area contributed by atoms with Crippen LogP contribution in [-0.4, -0.2) is 38.4 Å². The van der Waals surface area contributed by atoms with Gasteiger partial charge in [0.2, 0.25) is 0 Å². The van der Waals surface area contributed by atoms with Crippen LogP contribution < -0.4 is 0 Å². The van der Waals surface area contributed by atoms with Crippen molar-refractivity contribution >= 4 is 11.9 Å². The lowest BCUT2D eigenvalue weighted by atomic mass is 10.1. The van der Waals surface area contributed by atoms with Gasteiger partial charge in [-0.15, -0.1) is 0 Å². The summed E-state index contributed by atoms with van der Waals surface area (Å²) in [7, 11) is 0. The highest BCUT2D eigenvalue weighted by Gasteiger charge is 2.11. The average Bonchev–Trinajstić information content (AvgIpc) is 2.63. The van der Waals surface area contributed by atoms with Crippen molar-refractivity contribution in [2.75, 3.05) is 26.4 Å². The van der Waals surface area contributed by atoms with Gasteiger partial charge in [0, 0.05) is 39.3 Å². The second kappa shape index (κ2) is 11.8. The van der Waals surface area contributed by atoms with Gasteiger partial charge in [-0.1, -0.05) is 0 Å². The van der Waals surface area contributed by atoms with Crippen molar-refractivity contribution in [3.63, 3.8) is 0 Å². The first-order valence-corrected chi connectivity index (χ1v) is 9.14. The lowest BCUT2D eigenvalue weighted by Gasteiger charge is -2.12. The molecule has 0 spiro atoms. The highest BCUT2D eigenvalue weighted by atomic mass is 16.5. The lowest BCUT2D eigenvalue weighted by Crippen LogP contribution is -2.08. The van der Waals surface area contributed by atoms with Gasteiger partial charge in [0.1, 0.15) is 0 Å². The third-order valence-electron chi connectivity index (χ3n) is 4.17. The Morgan fingerprint density at radius 3 is 1.52 bits per heavy atom. The fourth-order valence-electron chi connectivity index (χ4n) is 2.70. The Hall–Kier alpha value is -1.66. The number of hydrogen-bond donors (Lipinski definition) is 0. The Morgan fingerprint density at radius 1 is 0.680 bits per heavy atom. The number of esters is 2. The predicted octanol–water partition coefficient (Wildman–Crippen LogP) is 3.41. The highest BCUT2D eigenvalue weighted by molar-refractivity contribution is 5.71. The van der Waals surface area contributed by atoms with Crippen molar-refractivity contribution in [3.8, 4) is 0 Å². The van der Waals surface area contributed by atoms with Crippen LogP contribution in [0.4, 0.5) is 0 Å². The predicted molar refractivity (Wildman–Crippen MR) is 91.5 cm³/mol. The van der Waals surface area contributed by atoms with Gasteiger partial charge >= 0.3 is 11.9 Å². The molecule has 2 rings (SSSR count). The zero-order chi connectivity index (χ0) is 17.7. The standard InChI is InChI=1S/C19H28O6/c20-18-8-6-16(14-24-18)4-1-10-22-12-3-13-23-11-2-5-17-7-9-19(21)25-15-17/h14-15H,1-13H2. The summed E-state index contributed by atoms with van der Waals surface area (Å²) in [6.07, 6.45) is 10.4. The SMILES string of the molecule is O=C1CCC(CCCOCCCOCCCC2=COC(=O)CC2)=CO1. The van der Waals surface area contributed by atoms with Crippen molar-refractivity contribution < 1.29 is 28.5 Å². The molecule has 0 N–H and O–H groups in total. The molecule has 6 nitrogen and oxygen atoms in total. The molecule has 0 unspecified atom stereocenters. The summed E-state index contributed by atoms with van der Waals surface area (Å²) in [5, 5.41) is 0. The molecule has 0 aromatic carbocycles. The summed E-state index contributed by atoms with van der Waals surface area (Å²) in [4.78, 5) is 21.8. The van der Waals surface area contributed by atoms with Gasteiger partial charge in [-0.3, -0.25) is 9.59 Å². The van der Waals surface area contributed by atoms with Crippen LogP contribution in [0.1, 0.15) is 57.8 Å². The normalized spacial score (nSPS) is 17.6. The highest BCUT2D eigenvalue weighted by Crippen LogP contribution is 2.18. The molecule has 0 aromatic heterocycles. The summed E-state index contributed by atoms with van der Waals surface area (Å²) < 4.78 is 21.0. The molecular formula is C19H28O6. The van der Waals surface area contributed by atoms with Crippen LogP contribution >= 0.6 is 0 Å². The van der Waals surface area contributed by atoms with Crippen LogP contribution in [-0.2, 0) is 28.5 Å². The molecule has 0 saturated carbocycles. The average molecular weight is 352 g/mol. The van der Waals surface area contributed by atoms with Crippen LogP contribution in [0.3, 0.4) is 0 Å². The number of rotatable bonds is 12. The van der Waals surface area contributed by atoms with Crippen LogP contribution in [0.2, 0.25) is 0 Å². The van der Waals surface area contributed by atoms with Gasteiger partial charge in [-0.25, -0.2) is 0 Å². The Morgan fingerprint density at radius 2 is 1.12 bits per heavy atom. The van der Waals surface area contributed by atoms with E-state index in [9.17, 15) is 9.59 Å². The summed E-state index contributed by atoms with van der Waals surface area (Å²) in [5.74, 6) is -0.280. The van der Waals surface area contributed by atoms with Gasteiger partial charge in [0.05, 0.1) is 12.5 Å². The minimum Gasteiger partial charge on any atom is -0.435 e. The maximum Gasteiger partial charge on any atom is 0.310 e. The molecule has 2 heterocycles. The Balaban J connectivity index is 1.33. The van der Waals surface area contributed by atoms with E-state index in [1.807, 2.05) is 0 Å². The number of hydrogen-bond acceptors (Lipinski definition) is 6. The summed E-state index contributed by atoms with van der Waals surface area (Å²) >= 11 is 0. The number of allylic oxidation sites excluding steroid dienone is 2.